The van der Waals surface area contributed by atoms with Gasteiger partial charge in [-0.25, -0.2) is 13.2 Å². The molecular formula is C25H32N2O6S. The highest BCUT2D eigenvalue weighted by Gasteiger charge is 2.43. The number of hydrogen-bond acceptors (Lipinski definition) is 6. The van der Waals surface area contributed by atoms with Crippen molar-refractivity contribution in [2.24, 2.45) is 5.92 Å². The number of nitrogens with zero attached hydrogens (tertiary/aromatic N) is 1. The third-order valence-electron chi connectivity index (χ3n) is 6.42. The largest absolute Gasteiger partial charge is 0.495 e. The van der Waals surface area contributed by atoms with Crippen molar-refractivity contribution in [2.75, 3.05) is 21.3 Å². The minimum absolute atomic E-state index is 0.120. The van der Waals surface area contributed by atoms with Crippen LogP contribution in [0.2, 0.25) is 0 Å². The van der Waals surface area contributed by atoms with Crippen LogP contribution in [0.1, 0.15) is 48.5 Å². The summed E-state index contributed by atoms with van der Waals surface area (Å²) < 4.78 is 38.2. The number of carbonyl (C=O) groups excluding carboxylic acids is 2. The van der Waals surface area contributed by atoms with Crippen molar-refractivity contribution in [3.8, 4) is 5.75 Å². The lowest BCUT2D eigenvalue weighted by atomic mass is 9.77. The number of nitrogens with one attached hydrogen (secondary N) is 1. The van der Waals surface area contributed by atoms with Crippen LogP contribution in [-0.4, -0.2) is 51.4 Å². The van der Waals surface area contributed by atoms with Gasteiger partial charge in [-0.1, -0.05) is 37.3 Å². The summed E-state index contributed by atoms with van der Waals surface area (Å²) >= 11 is 0. The highest BCUT2D eigenvalue weighted by atomic mass is 32.2. The molecule has 1 aliphatic rings. The smallest absolute Gasteiger partial charge is 0.331 e. The van der Waals surface area contributed by atoms with Crippen LogP contribution in [0.3, 0.4) is 0 Å². The van der Waals surface area contributed by atoms with E-state index in [1.807, 2.05) is 30.3 Å². The van der Waals surface area contributed by atoms with Crippen molar-refractivity contribution in [3.05, 3.63) is 59.7 Å². The molecule has 0 bridgehead atoms. The van der Waals surface area contributed by atoms with Crippen LogP contribution in [0.25, 0.3) is 0 Å². The lowest BCUT2D eigenvalue weighted by Gasteiger charge is -2.37. The number of methoxy groups -OCH3 is 2. The second kappa shape index (κ2) is 10.6. The Hall–Kier alpha value is -2.91. The predicted octanol–water partition coefficient (Wildman–Crippen LogP) is 3.37. The van der Waals surface area contributed by atoms with Crippen LogP contribution in [0, 0.1) is 5.92 Å². The lowest BCUT2D eigenvalue weighted by Crippen LogP contribution is -2.56. The number of benzene rings is 2. The Kier molecular flexibility index (Phi) is 7.99. The number of ether oxygens (including phenoxy) is 2. The first kappa shape index (κ1) is 25.7. The minimum atomic E-state index is -3.98. The van der Waals surface area contributed by atoms with Crippen LogP contribution >= 0.6 is 0 Å². The molecule has 1 amide bonds. The zero-order chi connectivity index (χ0) is 24.9. The fraction of sp³-hybridized carbons (Fsp3) is 0.440. The van der Waals surface area contributed by atoms with Crippen molar-refractivity contribution in [2.45, 2.75) is 49.6 Å². The Labute approximate surface area is 201 Å². The van der Waals surface area contributed by atoms with Gasteiger partial charge in [0.2, 0.25) is 10.0 Å². The maximum Gasteiger partial charge on any atom is 0.331 e. The van der Waals surface area contributed by atoms with E-state index in [9.17, 15) is 18.0 Å². The fourth-order valence-electron chi connectivity index (χ4n) is 4.23. The molecule has 0 aromatic heterocycles. The van der Waals surface area contributed by atoms with Gasteiger partial charge >= 0.3 is 5.97 Å². The molecule has 9 heteroatoms. The molecule has 2 aromatic rings. The molecular weight excluding hydrogens is 456 g/mol. The molecule has 0 unspecified atom stereocenters. The number of rotatable bonds is 8. The molecule has 0 spiro atoms. The second-order valence-corrected chi connectivity index (χ2v) is 10.8. The number of amides is 1. The molecule has 3 rings (SSSR count). The Morgan fingerprint density at radius 2 is 1.74 bits per heavy atom. The van der Waals surface area contributed by atoms with Gasteiger partial charge in [-0.3, -0.25) is 4.79 Å². The first-order valence-corrected chi connectivity index (χ1v) is 12.7. The summed E-state index contributed by atoms with van der Waals surface area (Å²) in [6.45, 7) is 2.27. The van der Waals surface area contributed by atoms with Crippen molar-refractivity contribution in [1.29, 1.82) is 0 Å². The molecule has 2 aromatic carbocycles. The molecule has 1 saturated carbocycles. The second-order valence-electron chi connectivity index (χ2n) is 8.82. The van der Waals surface area contributed by atoms with Gasteiger partial charge in [-0.2, -0.15) is 4.31 Å². The van der Waals surface area contributed by atoms with Gasteiger partial charge in [0.05, 0.1) is 14.2 Å². The molecule has 1 N–H and O–H groups in total. The third kappa shape index (κ3) is 5.42. The summed E-state index contributed by atoms with van der Waals surface area (Å²) in [6.07, 6.45) is 2.49. The maximum atomic E-state index is 13.4. The normalized spacial score (nSPS) is 20.6. The fourth-order valence-corrected chi connectivity index (χ4v) is 5.57. The van der Waals surface area contributed by atoms with Crippen LogP contribution in [0.15, 0.2) is 53.4 Å². The van der Waals surface area contributed by atoms with Gasteiger partial charge in [0.25, 0.3) is 5.91 Å². The molecule has 34 heavy (non-hydrogen) atoms. The first-order chi connectivity index (χ1) is 16.1. The molecule has 0 radical (unpaired) electrons. The Morgan fingerprint density at radius 3 is 2.32 bits per heavy atom. The van der Waals surface area contributed by atoms with Gasteiger partial charge in [0.1, 0.15) is 16.2 Å². The van der Waals surface area contributed by atoms with Crippen molar-refractivity contribution in [3.63, 3.8) is 0 Å². The Bertz CT molecular complexity index is 1130. The van der Waals surface area contributed by atoms with Crippen LogP contribution in [-0.2, 0) is 26.1 Å². The molecule has 0 aliphatic heterocycles. The molecule has 0 heterocycles. The van der Waals surface area contributed by atoms with Gasteiger partial charge < -0.3 is 14.8 Å². The van der Waals surface area contributed by atoms with Crippen LogP contribution in [0.5, 0.6) is 5.75 Å². The van der Waals surface area contributed by atoms with Crippen molar-refractivity contribution >= 4 is 21.9 Å². The number of esters is 1. The van der Waals surface area contributed by atoms with Gasteiger partial charge in [-0.15, -0.1) is 0 Å². The maximum absolute atomic E-state index is 13.4. The summed E-state index contributed by atoms with van der Waals surface area (Å²) in [7, 11) is 0.177. The summed E-state index contributed by atoms with van der Waals surface area (Å²) in [5.74, 6) is -0.445. The zero-order valence-electron chi connectivity index (χ0n) is 20.0. The van der Waals surface area contributed by atoms with E-state index < -0.39 is 27.4 Å². The van der Waals surface area contributed by atoms with Gasteiger partial charge in [-0.05, 0) is 55.4 Å². The van der Waals surface area contributed by atoms with Crippen molar-refractivity contribution < 1.29 is 27.5 Å². The van der Waals surface area contributed by atoms with E-state index in [0.29, 0.717) is 18.8 Å². The molecule has 0 saturated heterocycles. The monoisotopic (exact) mass is 488 g/mol. The van der Waals surface area contributed by atoms with Crippen LogP contribution < -0.4 is 10.1 Å². The molecule has 1 aliphatic carbocycles. The van der Waals surface area contributed by atoms with Gasteiger partial charge in [0.15, 0.2) is 0 Å². The quantitative estimate of drug-likeness (QED) is 0.572. The summed E-state index contributed by atoms with van der Waals surface area (Å²) in [5.41, 5.74) is -0.177. The highest BCUT2D eigenvalue weighted by Crippen LogP contribution is 2.34. The van der Waals surface area contributed by atoms with Crippen molar-refractivity contribution in [1.82, 2.24) is 9.62 Å². The highest BCUT2D eigenvalue weighted by molar-refractivity contribution is 7.89. The first-order valence-electron chi connectivity index (χ1n) is 11.2. The van der Waals surface area contributed by atoms with E-state index in [-0.39, 0.29) is 22.8 Å². The standard InChI is InChI=1S/C25H32N2O6S/c1-18-12-14-25(15-13-18,24(29)33-4)26-23(28)20-10-11-21(32-3)22(16-20)34(30,31)27(2)17-19-8-6-5-7-9-19/h5-11,16,18H,12-15,17H2,1-4H3,(H,26,28). The predicted molar refractivity (Wildman–Crippen MR) is 128 cm³/mol. The van der Waals surface area contributed by atoms with E-state index in [1.54, 1.807) is 0 Å². The number of sulfonamides is 1. The lowest BCUT2D eigenvalue weighted by molar-refractivity contribution is -0.150. The summed E-state index contributed by atoms with van der Waals surface area (Å²) in [5, 5.41) is 2.84. The molecule has 1 fully saturated rings. The summed E-state index contributed by atoms with van der Waals surface area (Å²) in [4.78, 5) is 25.7. The Morgan fingerprint density at radius 1 is 1.09 bits per heavy atom. The third-order valence-corrected chi connectivity index (χ3v) is 8.24. The molecule has 0 atom stereocenters. The van der Waals surface area contributed by atoms with E-state index in [2.05, 4.69) is 12.2 Å². The van der Waals surface area contributed by atoms with E-state index in [1.165, 1.54) is 43.8 Å². The summed E-state index contributed by atoms with van der Waals surface area (Å²) in [6, 6.07) is 13.4. The Balaban J connectivity index is 1.90. The SMILES string of the molecule is COC(=O)C1(NC(=O)c2ccc(OC)c(S(=O)(=O)N(C)Cc3ccccc3)c2)CCC(C)CC1. The van der Waals surface area contributed by atoms with Crippen LogP contribution in [0.4, 0.5) is 0 Å². The zero-order valence-corrected chi connectivity index (χ0v) is 20.9. The van der Waals surface area contributed by atoms with E-state index >= 15 is 0 Å². The molecule has 184 valence electrons. The van der Waals surface area contributed by atoms with Gasteiger partial charge in [0, 0.05) is 19.2 Å². The number of carbonyl (C=O) groups is 2. The van der Waals surface area contributed by atoms with E-state index in [4.69, 9.17) is 9.47 Å². The average Bonchev–Trinajstić information content (AvgIpc) is 2.85. The topological polar surface area (TPSA) is 102 Å². The average molecular weight is 489 g/mol. The minimum Gasteiger partial charge on any atom is -0.495 e. The number of hydrogen-bond donors (Lipinski definition) is 1. The van der Waals surface area contributed by atoms with E-state index in [0.717, 1.165) is 18.4 Å². The molecule has 8 nitrogen and oxygen atoms in total.